The molecule has 1 aromatic carbocycles. The molecule has 0 aliphatic carbocycles. The van der Waals surface area contributed by atoms with E-state index in [0.29, 0.717) is 13.1 Å². The zero-order valence-electron chi connectivity index (χ0n) is 15.4. The Balaban J connectivity index is 1.52. The van der Waals surface area contributed by atoms with E-state index >= 15 is 0 Å². The first-order valence-corrected chi connectivity index (χ1v) is 9.41. The topological polar surface area (TPSA) is 52.7 Å². The van der Waals surface area contributed by atoms with Crippen LogP contribution < -0.4 is 5.32 Å². The van der Waals surface area contributed by atoms with Crippen molar-refractivity contribution in [1.82, 2.24) is 9.80 Å². The Morgan fingerprint density at radius 1 is 1.08 bits per heavy atom. The van der Waals surface area contributed by atoms with Crippen LogP contribution >= 0.6 is 0 Å². The first-order valence-electron chi connectivity index (χ1n) is 9.41. The number of likely N-dealkylation sites (tertiary alicyclic amines) is 2. The van der Waals surface area contributed by atoms with Gasteiger partial charge in [0.05, 0.1) is 12.5 Å². The highest BCUT2D eigenvalue weighted by atomic mass is 16.2. The van der Waals surface area contributed by atoms with E-state index in [9.17, 15) is 9.59 Å². The van der Waals surface area contributed by atoms with Gasteiger partial charge in [-0.1, -0.05) is 6.07 Å². The Bertz CT molecular complexity index is 638. The monoisotopic (exact) mass is 343 g/mol. The van der Waals surface area contributed by atoms with Crippen LogP contribution in [0, 0.1) is 19.8 Å². The number of nitrogens with one attached hydrogen (secondary N) is 1. The quantitative estimate of drug-likeness (QED) is 0.914. The van der Waals surface area contributed by atoms with Gasteiger partial charge in [-0.05, 0) is 69.3 Å². The standard InChI is InChI=1S/C20H29N3O2/c1-15-7-8-18(12-16(15)2)21-19(24)14-22-9-5-6-17(13-22)20(25)23-10-3-4-11-23/h7-8,12,17H,3-6,9-11,13-14H2,1-2H3,(H,21,24). The Labute approximate surface area is 150 Å². The molecule has 0 aromatic heterocycles. The summed E-state index contributed by atoms with van der Waals surface area (Å²) < 4.78 is 0. The number of rotatable bonds is 4. The Morgan fingerprint density at radius 2 is 1.84 bits per heavy atom. The maximum atomic E-state index is 12.6. The van der Waals surface area contributed by atoms with E-state index in [0.717, 1.165) is 51.0 Å². The summed E-state index contributed by atoms with van der Waals surface area (Å²) in [6.07, 6.45) is 4.19. The molecule has 1 aromatic rings. The third kappa shape index (κ3) is 4.60. The summed E-state index contributed by atoms with van der Waals surface area (Å²) >= 11 is 0. The van der Waals surface area contributed by atoms with Gasteiger partial charge in [-0.15, -0.1) is 0 Å². The molecule has 3 rings (SSSR count). The highest BCUT2D eigenvalue weighted by molar-refractivity contribution is 5.92. The van der Waals surface area contributed by atoms with Crippen LogP contribution in [-0.2, 0) is 9.59 Å². The highest BCUT2D eigenvalue weighted by Crippen LogP contribution is 2.21. The predicted octanol–water partition coefficient (Wildman–Crippen LogP) is 2.58. The van der Waals surface area contributed by atoms with E-state index < -0.39 is 0 Å². The van der Waals surface area contributed by atoms with Crippen molar-refractivity contribution >= 4 is 17.5 Å². The molecule has 5 nitrogen and oxygen atoms in total. The molecule has 1 N–H and O–H groups in total. The fourth-order valence-electron chi connectivity index (χ4n) is 3.82. The van der Waals surface area contributed by atoms with Crippen molar-refractivity contribution in [2.45, 2.75) is 39.5 Å². The minimum atomic E-state index is -0.00229. The van der Waals surface area contributed by atoms with E-state index in [2.05, 4.69) is 17.1 Å². The van der Waals surface area contributed by atoms with Crippen molar-refractivity contribution in [3.8, 4) is 0 Å². The summed E-state index contributed by atoms with van der Waals surface area (Å²) in [5, 5.41) is 2.98. The molecule has 2 amide bonds. The second kappa shape index (κ2) is 8.00. The molecule has 0 radical (unpaired) electrons. The average Bonchev–Trinajstić information content (AvgIpc) is 3.12. The summed E-state index contributed by atoms with van der Waals surface area (Å²) in [4.78, 5) is 29.1. The fraction of sp³-hybridized carbons (Fsp3) is 0.600. The lowest BCUT2D eigenvalue weighted by molar-refractivity contribution is -0.136. The lowest BCUT2D eigenvalue weighted by Gasteiger charge is -2.33. The zero-order chi connectivity index (χ0) is 17.8. The first-order chi connectivity index (χ1) is 12.0. The van der Waals surface area contributed by atoms with Crippen molar-refractivity contribution in [2.24, 2.45) is 5.92 Å². The predicted molar refractivity (Wildman–Crippen MR) is 99.5 cm³/mol. The molecule has 1 unspecified atom stereocenters. The SMILES string of the molecule is Cc1ccc(NC(=O)CN2CCCC(C(=O)N3CCCC3)C2)cc1C. The normalized spacial score (nSPS) is 21.4. The smallest absolute Gasteiger partial charge is 0.238 e. The molecule has 0 bridgehead atoms. The summed E-state index contributed by atoms with van der Waals surface area (Å²) in [6, 6.07) is 5.97. The second-order valence-corrected chi connectivity index (χ2v) is 7.45. The molecule has 0 spiro atoms. The molecule has 0 saturated carbocycles. The lowest BCUT2D eigenvalue weighted by atomic mass is 9.96. The van der Waals surface area contributed by atoms with Crippen molar-refractivity contribution < 1.29 is 9.59 Å². The average molecular weight is 343 g/mol. The van der Waals surface area contributed by atoms with Gasteiger partial charge in [0.2, 0.25) is 11.8 Å². The molecular weight excluding hydrogens is 314 g/mol. The third-order valence-electron chi connectivity index (χ3n) is 5.43. The molecule has 25 heavy (non-hydrogen) atoms. The van der Waals surface area contributed by atoms with E-state index in [1.165, 1.54) is 11.1 Å². The summed E-state index contributed by atoms with van der Waals surface area (Å²) in [5.74, 6) is 0.343. The lowest BCUT2D eigenvalue weighted by Crippen LogP contribution is -2.46. The molecule has 2 fully saturated rings. The number of nitrogens with zero attached hydrogens (tertiary/aromatic N) is 2. The largest absolute Gasteiger partial charge is 0.342 e. The van der Waals surface area contributed by atoms with Gasteiger partial charge in [0, 0.05) is 25.3 Å². The van der Waals surface area contributed by atoms with Crippen LogP contribution in [0.1, 0.15) is 36.8 Å². The van der Waals surface area contributed by atoms with Crippen LogP contribution in [0.15, 0.2) is 18.2 Å². The van der Waals surface area contributed by atoms with Gasteiger partial charge in [0.15, 0.2) is 0 Å². The molecule has 136 valence electrons. The van der Waals surface area contributed by atoms with Gasteiger partial charge >= 0.3 is 0 Å². The summed E-state index contributed by atoms with van der Waals surface area (Å²) in [7, 11) is 0. The maximum Gasteiger partial charge on any atom is 0.238 e. The van der Waals surface area contributed by atoms with Gasteiger partial charge < -0.3 is 10.2 Å². The highest BCUT2D eigenvalue weighted by Gasteiger charge is 2.30. The number of amides is 2. The Hall–Kier alpha value is -1.88. The van der Waals surface area contributed by atoms with Crippen LogP contribution in [0.4, 0.5) is 5.69 Å². The molecule has 2 aliphatic heterocycles. The number of piperidine rings is 1. The van der Waals surface area contributed by atoms with E-state index in [4.69, 9.17) is 0 Å². The van der Waals surface area contributed by atoms with E-state index in [1.54, 1.807) is 0 Å². The number of carbonyl (C=O) groups excluding carboxylic acids is 2. The Morgan fingerprint density at radius 3 is 2.56 bits per heavy atom. The Kier molecular flexibility index (Phi) is 5.74. The summed E-state index contributed by atoms with van der Waals surface area (Å²) in [6.45, 7) is 7.87. The first kappa shape index (κ1) is 17.9. The fourth-order valence-corrected chi connectivity index (χ4v) is 3.82. The van der Waals surface area contributed by atoms with Crippen LogP contribution in [0.2, 0.25) is 0 Å². The molecule has 2 heterocycles. The number of carbonyl (C=O) groups is 2. The molecule has 2 saturated heterocycles. The van der Waals surface area contributed by atoms with Crippen molar-refractivity contribution in [3.63, 3.8) is 0 Å². The van der Waals surface area contributed by atoms with Crippen LogP contribution in [0.25, 0.3) is 0 Å². The van der Waals surface area contributed by atoms with Crippen LogP contribution in [0.5, 0.6) is 0 Å². The van der Waals surface area contributed by atoms with Gasteiger partial charge in [0.1, 0.15) is 0 Å². The van der Waals surface area contributed by atoms with Crippen molar-refractivity contribution in [2.75, 3.05) is 38.0 Å². The maximum absolute atomic E-state index is 12.6. The van der Waals surface area contributed by atoms with Gasteiger partial charge in [-0.25, -0.2) is 0 Å². The zero-order valence-corrected chi connectivity index (χ0v) is 15.4. The minimum absolute atomic E-state index is 0.00229. The van der Waals surface area contributed by atoms with Gasteiger partial charge in [-0.3, -0.25) is 14.5 Å². The summed E-state index contributed by atoms with van der Waals surface area (Å²) in [5.41, 5.74) is 3.24. The molecule has 5 heteroatoms. The third-order valence-corrected chi connectivity index (χ3v) is 5.43. The van der Waals surface area contributed by atoms with E-state index in [1.807, 2.05) is 30.0 Å². The van der Waals surface area contributed by atoms with E-state index in [-0.39, 0.29) is 17.7 Å². The number of anilines is 1. The van der Waals surface area contributed by atoms with Crippen LogP contribution in [0.3, 0.4) is 0 Å². The van der Waals surface area contributed by atoms with Gasteiger partial charge in [0.25, 0.3) is 0 Å². The van der Waals surface area contributed by atoms with Crippen molar-refractivity contribution in [1.29, 1.82) is 0 Å². The second-order valence-electron chi connectivity index (χ2n) is 7.45. The number of hydrogen-bond donors (Lipinski definition) is 1. The minimum Gasteiger partial charge on any atom is -0.342 e. The number of hydrogen-bond acceptors (Lipinski definition) is 3. The van der Waals surface area contributed by atoms with Gasteiger partial charge in [-0.2, -0.15) is 0 Å². The number of aryl methyl sites for hydroxylation is 2. The molecule has 2 aliphatic rings. The van der Waals surface area contributed by atoms with Crippen molar-refractivity contribution in [3.05, 3.63) is 29.3 Å². The molecular formula is C20H29N3O2. The number of benzene rings is 1. The van der Waals surface area contributed by atoms with Crippen LogP contribution in [-0.4, -0.2) is 54.3 Å². The molecule has 1 atom stereocenters.